The normalized spacial score (nSPS) is 23.5. The van der Waals surface area contributed by atoms with Crippen molar-refractivity contribution in [2.24, 2.45) is 11.3 Å². The minimum Gasteiger partial charge on any atom is -0.508 e. The molecule has 1 aliphatic heterocycles. The molecule has 2 saturated carbocycles. The van der Waals surface area contributed by atoms with E-state index in [1.54, 1.807) is 13.2 Å². The van der Waals surface area contributed by atoms with E-state index in [1.165, 1.54) is 38.5 Å². The number of methoxy groups -OCH3 is 1. The van der Waals surface area contributed by atoms with Gasteiger partial charge in [-0.15, -0.1) is 0 Å². The summed E-state index contributed by atoms with van der Waals surface area (Å²) in [7, 11) is 1.69. The van der Waals surface area contributed by atoms with Gasteiger partial charge in [0.2, 0.25) is 0 Å². The Kier molecular flexibility index (Phi) is 7.68. The van der Waals surface area contributed by atoms with Gasteiger partial charge in [-0.05, 0) is 121 Å². The molecular formula is C38H46O6. The minimum absolute atomic E-state index is 0.0996. The number of fused-ring (bicyclic) bond motifs is 5. The van der Waals surface area contributed by atoms with E-state index in [4.69, 9.17) is 14.2 Å². The average Bonchev–Trinajstić information content (AvgIpc) is 3.44. The van der Waals surface area contributed by atoms with Crippen molar-refractivity contribution in [3.05, 3.63) is 64.2 Å². The standard InChI is InChI=1S/C38H46O6/c1-22(2)15-25-16-28-23(17-31(25)40)8-10-27-29-19-32(41)37(44-33(29)20-35(42-3)36(27)28)24-9-11-30(39)34(18-24)43-26-7-6-14-38(21-26)12-4-5-13-38/h9,11,16-18,20,22,26,32,37,39-41H,4-8,10,12-15,19,21H2,1-3H3/t26-,32+,37-/m0/s1. The van der Waals surface area contributed by atoms with Crippen molar-refractivity contribution in [3.8, 4) is 39.9 Å². The first-order valence-electron chi connectivity index (χ1n) is 16.7. The van der Waals surface area contributed by atoms with Crippen molar-refractivity contribution in [2.45, 2.75) is 109 Å². The van der Waals surface area contributed by atoms with Crippen molar-refractivity contribution in [1.82, 2.24) is 0 Å². The van der Waals surface area contributed by atoms with Crippen LogP contribution in [0.3, 0.4) is 0 Å². The number of aromatic hydroxyl groups is 2. The van der Waals surface area contributed by atoms with Crippen LogP contribution < -0.4 is 14.2 Å². The molecule has 0 aromatic heterocycles. The topological polar surface area (TPSA) is 88.4 Å². The molecule has 1 heterocycles. The Bertz CT molecular complexity index is 1550. The molecular weight excluding hydrogens is 552 g/mol. The Hall–Kier alpha value is -3.38. The van der Waals surface area contributed by atoms with E-state index in [1.807, 2.05) is 24.3 Å². The van der Waals surface area contributed by atoms with Gasteiger partial charge in [-0.1, -0.05) is 32.8 Å². The van der Waals surface area contributed by atoms with Crippen LogP contribution in [0, 0.1) is 11.3 Å². The van der Waals surface area contributed by atoms with E-state index in [2.05, 4.69) is 19.9 Å². The molecule has 0 amide bonds. The summed E-state index contributed by atoms with van der Waals surface area (Å²) in [6.07, 6.45) is 11.3. The first-order chi connectivity index (χ1) is 21.2. The number of aryl methyl sites for hydroxylation is 1. The quantitative estimate of drug-likeness (QED) is 0.267. The van der Waals surface area contributed by atoms with Crippen molar-refractivity contribution >= 4 is 0 Å². The molecule has 2 fully saturated rings. The zero-order valence-corrected chi connectivity index (χ0v) is 26.3. The minimum atomic E-state index is -0.758. The lowest BCUT2D eigenvalue weighted by atomic mass is 9.72. The third-order valence-corrected chi connectivity index (χ3v) is 10.7. The second-order valence-electron chi connectivity index (χ2n) is 14.2. The van der Waals surface area contributed by atoms with Gasteiger partial charge in [-0.2, -0.15) is 0 Å². The Morgan fingerprint density at radius 3 is 2.50 bits per heavy atom. The largest absolute Gasteiger partial charge is 0.508 e. The summed E-state index contributed by atoms with van der Waals surface area (Å²) in [5.74, 6) is 2.85. The second kappa shape index (κ2) is 11.5. The lowest BCUT2D eigenvalue weighted by Gasteiger charge is -2.38. The Morgan fingerprint density at radius 1 is 0.932 bits per heavy atom. The van der Waals surface area contributed by atoms with Crippen LogP contribution in [-0.2, 0) is 25.7 Å². The highest BCUT2D eigenvalue weighted by atomic mass is 16.5. The van der Waals surface area contributed by atoms with Gasteiger partial charge < -0.3 is 29.5 Å². The fourth-order valence-electron chi connectivity index (χ4n) is 8.64. The van der Waals surface area contributed by atoms with Crippen LogP contribution in [-0.4, -0.2) is 34.6 Å². The zero-order valence-electron chi connectivity index (χ0n) is 26.3. The smallest absolute Gasteiger partial charge is 0.161 e. The van der Waals surface area contributed by atoms with Gasteiger partial charge in [-0.3, -0.25) is 0 Å². The number of aliphatic hydroxyl groups excluding tert-OH is 1. The number of hydrogen-bond acceptors (Lipinski definition) is 6. The van der Waals surface area contributed by atoms with E-state index >= 15 is 0 Å². The van der Waals surface area contributed by atoms with Crippen LogP contribution >= 0.6 is 0 Å². The summed E-state index contributed by atoms with van der Waals surface area (Å²) in [4.78, 5) is 0. The summed E-state index contributed by atoms with van der Waals surface area (Å²) < 4.78 is 19.0. The summed E-state index contributed by atoms with van der Waals surface area (Å²) >= 11 is 0. The highest BCUT2D eigenvalue weighted by molar-refractivity contribution is 5.82. The van der Waals surface area contributed by atoms with Crippen LogP contribution in [0.25, 0.3) is 11.1 Å². The first kappa shape index (κ1) is 29.3. The predicted molar refractivity (Wildman–Crippen MR) is 171 cm³/mol. The Labute approximate surface area is 261 Å². The van der Waals surface area contributed by atoms with E-state index in [0.717, 1.165) is 82.5 Å². The van der Waals surface area contributed by atoms with Gasteiger partial charge in [0.15, 0.2) is 11.5 Å². The average molecular weight is 599 g/mol. The fourth-order valence-corrected chi connectivity index (χ4v) is 8.64. The molecule has 234 valence electrons. The molecule has 0 saturated heterocycles. The van der Waals surface area contributed by atoms with Crippen molar-refractivity contribution in [2.75, 3.05) is 7.11 Å². The molecule has 0 radical (unpaired) electrons. The first-order valence-corrected chi connectivity index (χ1v) is 16.7. The van der Waals surface area contributed by atoms with Crippen LogP contribution in [0.15, 0.2) is 36.4 Å². The molecule has 3 atom stereocenters. The molecule has 3 aromatic carbocycles. The van der Waals surface area contributed by atoms with Crippen LogP contribution in [0.2, 0.25) is 0 Å². The third kappa shape index (κ3) is 5.29. The monoisotopic (exact) mass is 598 g/mol. The van der Waals surface area contributed by atoms with Gasteiger partial charge in [0.1, 0.15) is 23.4 Å². The summed E-state index contributed by atoms with van der Waals surface area (Å²) in [6, 6.07) is 11.4. The number of phenols is 2. The van der Waals surface area contributed by atoms with E-state index in [-0.39, 0.29) is 11.9 Å². The van der Waals surface area contributed by atoms with Crippen molar-refractivity contribution in [3.63, 3.8) is 0 Å². The number of rotatable bonds is 6. The molecule has 4 aliphatic rings. The Morgan fingerprint density at radius 2 is 1.73 bits per heavy atom. The number of ether oxygens (including phenoxy) is 3. The summed E-state index contributed by atoms with van der Waals surface area (Å²) in [5, 5.41) is 33.0. The maximum absolute atomic E-state index is 11.5. The molecule has 3 aliphatic carbocycles. The molecule has 6 heteroatoms. The molecule has 0 bridgehead atoms. The predicted octanol–water partition coefficient (Wildman–Crippen LogP) is 7.99. The summed E-state index contributed by atoms with van der Waals surface area (Å²) in [6.45, 7) is 4.31. The zero-order chi connectivity index (χ0) is 30.6. The second-order valence-corrected chi connectivity index (χ2v) is 14.2. The maximum atomic E-state index is 11.5. The van der Waals surface area contributed by atoms with Crippen LogP contribution in [0.4, 0.5) is 0 Å². The van der Waals surface area contributed by atoms with Gasteiger partial charge >= 0.3 is 0 Å². The number of hydrogen-bond donors (Lipinski definition) is 3. The molecule has 44 heavy (non-hydrogen) atoms. The molecule has 3 aromatic rings. The highest BCUT2D eigenvalue weighted by Crippen LogP contribution is 2.51. The molecule has 1 spiro atoms. The van der Waals surface area contributed by atoms with Gasteiger partial charge in [0.05, 0.1) is 19.3 Å². The van der Waals surface area contributed by atoms with Gasteiger partial charge in [-0.25, -0.2) is 0 Å². The molecule has 6 nitrogen and oxygen atoms in total. The third-order valence-electron chi connectivity index (χ3n) is 10.7. The lowest BCUT2D eigenvalue weighted by Crippen LogP contribution is -2.33. The molecule has 0 unspecified atom stereocenters. The lowest BCUT2D eigenvalue weighted by molar-refractivity contribution is 0.0199. The molecule has 7 rings (SSSR count). The van der Waals surface area contributed by atoms with Crippen LogP contribution in [0.5, 0.6) is 28.7 Å². The van der Waals surface area contributed by atoms with E-state index in [9.17, 15) is 15.3 Å². The Balaban J connectivity index is 1.18. The SMILES string of the molecule is COc1cc2c(c3c1-c1cc(CC(C)C)c(O)cc1CC3)C[C@@H](O)[C@H](c1ccc(O)c(O[C@H]3CCCC4(CCCC4)C3)c1)O2. The van der Waals surface area contributed by atoms with Gasteiger partial charge in [0.25, 0.3) is 0 Å². The van der Waals surface area contributed by atoms with Crippen molar-refractivity contribution < 1.29 is 29.5 Å². The molecule has 3 N–H and O–H groups in total. The van der Waals surface area contributed by atoms with Gasteiger partial charge in [0, 0.05) is 23.6 Å². The van der Waals surface area contributed by atoms with Crippen LogP contribution in [0.1, 0.15) is 99.1 Å². The van der Waals surface area contributed by atoms with Crippen molar-refractivity contribution in [1.29, 1.82) is 0 Å². The van der Waals surface area contributed by atoms with E-state index < -0.39 is 12.2 Å². The number of phenolic OH excluding ortho intramolecular Hbond substituents is 2. The summed E-state index contributed by atoms with van der Waals surface area (Å²) in [5.41, 5.74) is 7.57. The number of benzene rings is 3. The van der Waals surface area contributed by atoms with E-state index in [0.29, 0.717) is 29.3 Å². The fraction of sp³-hybridized carbons (Fsp3) is 0.526. The number of aliphatic hydroxyl groups is 1. The maximum Gasteiger partial charge on any atom is 0.161 e. The highest BCUT2D eigenvalue weighted by Gasteiger charge is 2.40.